The number of carboxylic acids is 1. The van der Waals surface area contributed by atoms with Crippen LogP contribution in [-0.2, 0) is 27.2 Å². The van der Waals surface area contributed by atoms with Crippen molar-refractivity contribution >= 4 is 28.7 Å². The summed E-state index contributed by atoms with van der Waals surface area (Å²) in [6.07, 6.45) is 7.76. The third kappa shape index (κ3) is 6.03. The SMILES string of the molecule is CCc1cc2cc3c(nccc13)O[C@@H]1C[C@@H](C(=O)O)N(C1)C(=O)[C@H](C1CCCC1)NC(=O)OCC(C)(C)CCC2. The highest BCUT2D eigenvalue weighted by Gasteiger charge is 2.45. The molecule has 1 saturated carbocycles. The number of carbonyl (C=O) groups excluding carboxylic acids is 2. The van der Waals surface area contributed by atoms with Gasteiger partial charge in [0, 0.05) is 18.0 Å². The Hall–Kier alpha value is -3.36. The Labute approximate surface area is 235 Å². The number of aromatic nitrogens is 1. The van der Waals surface area contributed by atoms with E-state index in [1.54, 1.807) is 6.20 Å². The average molecular weight is 552 g/mol. The van der Waals surface area contributed by atoms with Crippen molar-refractivity contribution in [1.29, 1.82) is 0 Å². The Balaban J connectivity index is 1.52. The molecule has 4 bridgehead atoms. The lowest BCUT2D eigenvalue weighted by Crippen LogP contribution is -2.54. The molecule has 0 radical (unpaired) electrons. The van der Waals surface area contributed by atoms with E-state index in [2.05, 4.69) is 43.2 Å². The number of alkyl carbamates (subject to hydrolysis) is 1. The summed E-state index contributed by atoms with van der Waals surface area (Å²) in [5.41, 5.74) is 2.15. The number of aryl methyl sites for hydroxylation is 2. The number of nitrogens with zero attached hydrogens (tertiary/aromatic N) is 2. The molecule has 3 atom stereocenters. The second-order valence-electron chi connectivity index (χ2n) is 12.4. The van der Waals surface area contributed by atoms with Crippen LogP contribution in [0.3, 0.4) is 0 Å². The first kappa shape index (κ1) is 28.2. The van der Waals surface area contributed by atoms with Gasteiger partial charge in [-0.15, -0.1) is 0 Å². The molecule has 2 amide bonds. The number of fused-ring (bicyclic) bond motifs is 3. The van der Waals surface area contributed by atoms with Gasteiger partial charge in [-0.1, -0.05) is 39.7 Å². The summed E-state index contributed by atoms with van der Waals surface area (Å²) < 4.78 is 12.0. The molecule has 216 valence electrons. The number of pyridine rings is 1. The first-order valence-electron chi connectivity index (χ1n) is 14.7. The summed E-state index contributed by atoms with van der Waals surface area (Å²) in [5.74, 6) is -1.06. The summed E-state index contributed by atoms with van der Waals surface area (Å²) in [6, 6.07) is 4.48. The van der Waals surface area contributed by atoms with Gasteiger partial charge >= 0.3 is 12.1 Å². The van der Waals surface area contributed by atoms with E-state index in [1.807, 2.05) is 6.07 Å². The molecule has 0 unspecified atom stereocenters. The third-order valence-corrected chi connectivity index (χ3v) is 8.80. The Morgan fingerprint density at radius 1 is 1.18 bits per heavy atom. The number of amides is 2. The van der Waals surface area contributed by atoms with E-state index in [4.69, 9.17) is 9.47 Å². The van der Waals surface area contributed by atoms with E-state index in [1.165, 1.54) is 16.0 Å². The highest BCUT2D eigenvalue weighted by molar-refractivity contribution is 5.91. The lowest BCUT2D eigenvalue weighted by Gasteiger charge is -2.31. The molecule has 2 fully saturated rings. The molecule has 9 nitrogen and oxygen atoms in total. The molecule has 1 aliphatic carbocycles. The molecule has 0 spiro atoms. The zero-order valence-electron chi connectivity index (χ0n) is 23.8. The standard InChI is InChI=1S/C31H41N3O6/c1-4-20-14-19-8-7-12-31(2,3)18-39-30(38)33-26(21-9-5-6-10-21)28(35)34-17-22(16-25(34)29(36)37)40-27-24(15-19)23(20)11-13-32-27/h11,13-15,21-22,25-26H,4-10,12,16-18H2,1-3H3,(H,33,38)(H,36,37)/t22-,25+,26+/m1/s1. The molecule has 40 heavy (non-hydrogen) atoms. The summed E-state index contributed by atoms with van der Waals surface area (Å²) in [4.78, 5) is 45.1. The van der Waals surface area contributed by atoms with Crippen LogP contribution in [0.2, 0.25) is 0 Å². The number of nitrogens with one attached hydrogen (secondary N) is 1. The van der Waals surface area contributed by atoms with Crippen molar-refractivity contribution in [2.24, 2.45) is 11.3 Å². The number of carbonyl (C=O) groups is 3. The molecular formula is C31H41N3O6. The maximum atomic E-state index is 13.9. The summed E-state index contributed by atoms with van der Waals surface area (Å²) in [5, 5.41) is 14.9. The minimum atomic E-state index is -1.08. The fourth-order valence-corrected chi connectivity index (χ4v) is 6.57. The van der Waals surface area contributed by atoms with E-state index in [9.17, 15) is 19.5 Å². The number of hydrogen-bond donors (Lipinski definition) is 2. The maximum Gasteiger partial charge on any atom is 0.407 e. The predicted octanol–water partition coefficient (Wildman–Crippen LogP) is 4.88. The van der Waals surface area contributed by atoms with Crippen molar-refractivity contribution in [1.82, 2.24) is 15.2 Å². The molecule has 1 aromatic heterocycles. The summed E-state index contributed by atoms with van der Waals surface area (Å²) in [6.45, 7) is 6.62. The topological polar surface area (TPSA) is 118 Å². The molecule has 2 aromatic rings. The molecule has 5 rings (SSSR count). The Morgan fingerprint density at radius 2 is 1.95 bits per heavy atom. The molecule has 1 saturated heterocycles. The highest BCUT2D eigenvalue weighted by Crippen LogP contribution is 2.34. The first-order chi connectivity index (χ1) is 19.1. The number of rotatable bonds is 3. The predicted molar refractivity (Wildman–Crippen MR) is 150 cm³/mol. The number of benzene rings is 1. The van der Waals surface area contributed by atoms with Crippen LogP contribution in [0.5, 0.6) is 5.88 Å². The molecule has 3 heterocycles. The Bertz CT molecular complexity index is 1270. The van der Waals surface area contributed by atoms with Crippen molar-refractivity contribution in [3.63, 3.8) is 0 Å². The van der Waals surface area contributed by atoms with E-state index in [0.717, 1.165) is 62.1 Å². The molecule has 1 aromatic carbocycles. The van der Waals surface area contributed by atoms with Crippen molar-refractivity contribution in [2.45, 2.75) is 96.7 Å². The molecule has 3 aliphatic rings. The van der Waals surface area contributed by atoms with Crippen molar-refractivity contribution in [2.75, 3.05) is 13.2 Å². The van der Waals surface area contributed by atoms with E-state index in [-0.39, 0.29) is 36.8 Å². The van der Waals surface area contributed by atoms with Crippen LogP contribution in [0.1, 0.15) is 76.8 Å². The Morgan fingerprint density at radius 3 is 2.67 bits per heavy atom. The zero-order valence-corrected chi connectivity index (χ0v) is 23.8. The lowest BCUT2D eigenvalue weighted by atomic mass is 9.87. The van der Waals surface area contributed by atoms with Crippen LogP contribution in [0, 0.1) is 11.3 Å². The lowest BCUT2D eigenvalue weighted by molar-refractivity contribution is -0.149. The van der Waals surface area contributed by atoms with Crippen LogP contribution in [0.15, 0.2) is 24.4 Å². The van der Waals surface area contributed by atoms with E-state index >= 15 is 0 Å². The van der Waals surface area contributed by atoms with Crippen LogP contribution < -0.4 is 10.1 Å². The summed E-state index contributed by atoms with van der Waals surface area (Å²) >= 11 is 0. The highest BCUT2D eigenvalue weighted by atomic mass is 16.5. The normalized spacial score (nSPS) is 26.2. The van der Waals surface area contributed by atoms with Crippen LogP contribution in [0.4, 0.5) is 4.79 Å². The van der Waals surface area contributed by atoms with Crippen LogP contribution in [-0.4, -0.2) is 64.3 Å². The number of ether oxygens (including phenoxy) is 2. The largest absolute Gasteiger partial charge is 0.480 e. The Kier molecular flexibility index (Phi) is 8.19. The van der Waals surface area contributed by atoms with Gasteiger partial charge in [0.2, 0.25) is 11.8 Å². The van der Waals surface area contributed by atoms with Gasteiger partial charge in [0.05, 0.1) is 13.2 Å². The fourth-order valence-electron chi connectivity index (χ4n) is 6.57. The van der Waals surface area contributed by atoms with Gasteiger partial charge in [-0.2, -0.15) is 0 Å². The first-order valence-corrected chi connectivity index (χ1v) is 14.7. The minimum absolute atomic E-state index is 0.0568. The van der Waals surface area contributed by atoms with Gasteiger partial charge < -0.3 is 24.8 Å². The van der Waals surface area contributed by atoms with Gasteiger partial charge in [0.1, 0.15) is 18.2 Å². The van der Waals surface area contributed by atoms with Gasteiger partial charge in [-0.05, 0) is 78.5 Å². The van der Waals surface area contributed by atoms with Gasteiger partial charge in [-0.3, -0.25) is 4.79 Å². The third-order valence-electron chi connectivity index (χ3n) is 8.80. The van der Waals surface area contributed by atoms with Gasteiger partial charge in [0.25, 0.3) is 0 Å². The maximum absolute atomic E-state index is 13.9. The number of cyclic esters (lactones) is 1. The number of aliphatic carboxylic acids is 1. The molecule has 9 heteroatoms. The second kappa shape index (κ2) is 11.6. The number of carboxylic acid groups (broad SMARTS) is 1. The minimum Gasteiger partial charge on any atom is -0.480 e. The zero-order chi connectivity index (χ0) is 28.4. The number of hydrogen-bond acceptors (Lipinski definition) is 6. The van der Waals surface area contributed by atoms with Crippen molar-refractivity contribution < 1.29 is 29.0 Å². The molecule has 2 aliphatic heterocycles. The van der Waals surface area contributed by atoms with Gasteiger partial charge in [0.15, 0.2) is 0 Å². The van der Waals surface area contributed by atoms with E-state index in [0.29, 0.717) is 5.88 Å². The smallest absolute Gasteiger partial charge is 0.407 e. The quantitative estimate of drug-likeness (QED) is 0.558. The fraction of sp³-hybridized carbons (Fsp3) is 0.613. The van der Waals surface area contributed by atoms with Crippen LogP contribution in [0.25, 0.3) is 10.8 Å². The van der Waals surface area contributed by atoms with E-state index < -0.39 is 30.3 Å². The monoisotopic (exact) mass is 551 g/mol. The summed E-state index contributed by atoms with van der Waals surface area (Å²) in [7, 11) is 0. The average Bonchev–Trinajstić information content (AvgIpc) is 3.60. The van der Waals surface area contributed by atoms with Crippen LogP contribution >= 0.6 is 0 Å². The van der Waals surface area contributed by atoms with Crippen molar-refractivity contribution in [3.8, 4) is 5.88 Å². The molecule has 2 N–H and O–H groups in total. The molecular weight excluding hydrogens is 510 g/mol. The van der Waals surface area contributed by atoms with Gasteiger partial charge in [-0.25, -0.2) is 14.6 Å². The second-order valence-corrected chi connectivity index (χ2v) is 12.4. The van der Waals surface area contributed by atoms with Crippen molar-refractivity contribution in [3.05, 3.63) is 35.5 Å².